The molecule has 0 bridgehead atoms. The maximum Gasteiger partial charge on any atom is 0.416 e. The number of fused-ring (bicyclic) bond motifs is 1. The molecule has 5 nitrogen and oxygen atoms in total. The minimum Gasteiger partial charge on any atom is -0.368 e. The Balaban J connectivity index is 1.72. The Labute approximate surface area is 157 Å². The van der Waals surface area contributed by atoms with Gasteiger partial charge in [0, 0.05) is 6.54 Å². The fourth-order valence-corrected chi connectivity index (χ4v) is 4.69. The molecular formula is C18H16F3N3O2S. The third-order valence-electron chi connectivity index (χ3n) is 5.09. The smallest absolute Gasteiger partial charge is 0.368 e. The number of hydrogen-bond donors (Lipinski definition) is 1. The summed E-state index contributed by atoms with van der Waals surface area (Å²) >= 11 is 1.15. The zero-order valence-corrected chi connectivity index (χ0v) is 15.1. The highest BCUT2D eigenvalue weighted by Gasteiger charge is 2.56. The zero-order chi connectivity index (χ0) is 19.5. The van der Waals surface area contributed by atoms with Gasteiger partial charge in [-0.2, -0.15) is 13.2 Å². The van der Waals surface area contributed by atoms with Crippen molar-refractivity contribution in [3.8, 4) is 10.4 Å². The van der Waals surface area contributed by atoms with Gasteiger partial charge in [-0.05, 0) is 42.9 Å². The van der Waals surface area contributed by atoms with E-state index in [0.29, 0.717) is 16.4 Å². The number of alkyl halides is 3. The first kappa shape index (κ1) is 18.0. The number of nitrogens with zero attached hydrogens (tertiary/aromatic N) is 2. The molecule has 0 spiro atoms. The van der Waals surface area contributed by atoms with Crippen LogP contribution in [0.5, 0.6) is 0 Å². The number of carbonyl (C=O) groups is 2. The van der Waals surface area contributed by atoms with Crippen molar-refractivity contribution in [2.75, 3.05) is 6.54 Å². The number of carbonyl (C=O) groups excluding carboxylic acids is 2. The van der Waals surface area contributed by atoms with Gasteiger partial charge in [-0.25, -0.2) is 4.98 Å². The molecule has 1 aliphatic heterocycles. The summed E-state index contributed by atoms with van der Waals surface area (Å²) in [4.78, 5) is 30.9. The lowest BCUT2D eigenvalue weighted by atomic mass is 10.1. The molecular weight excluding hydrogens is 379 g/mol. The lowest BCUT2D eigenvalue weighted by molar-refractivity contribution is -0.137. The maximum absolute atomic E-state index is 13.1. The van der Waals surface area contributed by atoms with Crippen molar-refractivity contribution in [1.29, 1.82) is 0 Å². The Morgan fingerprint density at radius 2 is 2.07 bits per heavy atom. The number of halogens is 3. The molecule has 2 heterocycles. The lowest BCUT2D eigenvalue weighted by Crippen LogP contribution is -2.46. The number of nitrogens with two attached hydrogens (primary N) is 1. The summed E-state index contributed by atoms with van der Waals surface area (Å²) in [5.41, 5.74) is 5.03. The molecule has 1 aromatic carbocycles. The molecule has 1 aliphatic carbocycles. The van der Waals surface area contributed by atoms with Gasteiger partial charge >= 0.3 is 6.18 Å². The maximum atomic E-state index is 13.1. The summed E-state index contributed by atoms with van der Waals surface area (Å²) in [6.45, 7) is 2.11. The predicted octanol–water partition coefficient (Wildman–Crippen LogP) is 3.08. The number of rotatable bonds is 3. The highest BCUT2D eigenvalue weighted by Crippen LogP contribution is 2.50. The number of piperidine rings is 1. The third kappa shape index (κ3) is 3.09. The quantitative estimate of drug-likeness (QED) is 0.868. The first-order valence-corrected chi connectivity index (χ1v) is 9.24. The predicted molar refractivity (Wildman–Crippen MR) is 92.9 cm³/mol. The second-order valence-electron chi connectivity index (χ2n) is 6.95. The molecule has 2 fully saturated rings. The highest BCUT2D eigenvalue weighted by atomic mass is 32.1. The van der Waals surface area contributed by atoms with E-state index in [1.54, 1.807) is 6.92 Å². The van der Waals surface area contributed by atoms with Crippen LogP contribution in [0.4, 0.5) is 13.2 Å². The Morgan fingerprint density at radius 3 is 2.74 bits per heavy atom. The average Bonchev–Trinajstić information content (AvgIpc) is 3.08. The van der Waals surface area contributed by atoms with Crippen LogP contribution in [0, 0.1) is 18.8 Å². The van der Waals surface area contributed by atoms with Crippen LogP contribution >= 0.6 is 11.3 Å². The molecule has 2 aliphatic rings. The first-order valence-electron chi connectivity index (χ1n) is 8.42. The summed E-state index contributed by atoms with van der Waals surface area (Å²) in [5, 5.41) is 0.561. The lowest BCUT2D eigenvalue weighted by Gasteiger charge is -2.24. The molecule has 3 atom stereocenters. The minimum atomic E-state index is -4.48. The van der Waals surface area contributed by atoms with Crippen molar-refractivity contribution in [3.63, 3.8) is 0 Å². The molecule has 27 heavy (non-hydrogen) atoms. The summed E-state index contributed by atoms with van der Waals surface area (Å²) in [6, 6.07) is 4.15. The first-order chi connectivity index (χ1) is 12.7. The van der Waals surface area contributed by atoms with Crippen LogP contribution in [-0.4, -0.2) is 34.3 Å². The zero-order valence-electron chi connectivity index (χ0n) is 14.3. The van der Waals surface area contributed by atoms with Crippen LogP contribution in [0.1, 0.15) is 27.5 Å². The highest BCUT2D eigenvalue weighted by molar-refractivity contribution is 7.15. The van der Waals surface area contributed by atoms with Gasteiger partial charge in [0.2, 0.25) is 5.91 Å². The number of benzene rings is 1. The van der Waals surface area contributed by atoms with Crippen LogP contribution in [0.15, 0.2) is 24.3 Å². The van der Waals surface area contributed by atoms with Gasteiger partial charge in [-0.1, -0.05) is 12.1 Å². The van der Waals surface area contributed by atoms with Crippen molar-refractivity contribution in [3.05, 3.63) is 40.5 Å². The van der Waals surface area contributed by atoms with E-state index in [9.17, 15) is 22.8 Å². The Morgan fingerprint density at radius 1 is 1.33 bits per heavy atom. The Kier molecular flexibility index (Phi) is 4.03. The van der Waals surface area contributed by atoms with Crippen molar-refractivity contribution >= 4 is 23.2 Å². The van der Waals surface area contributed by atoms with E-state index >= 15 is 0 Å². The number of aromatic nitrogens is 1. The van der Waals surface area contributed by atoms with Crippen LogP contribution < -0.4 is 5.73 Å². The number of amides is 2. The van der Waals surface area contributed by atoms with E-state index < -0.39 is 29.6 Å². The molecule has 142 valence electrons. The fourth-order valence-electron chi connectivity index (χ4n) is 3.78. The van der Waals surface area contributed by atoms with E-state index in [4.69, 9.17) is 5.73 Å². The molecule has 0 radical (unpaired) electrons. The third-order valence-corrected chi connectivity index (χ3v) is 6.11. The topological polar surface area (TPSA) is 76.3 Å². The number of thiazole rings is 1. The van der Waals surface area contributed by atoms with Gasteiger partial charge in [0.25, 0.3) is 5.91 Å². The van der Waals surface area contributed by atoms with Crippen molar-refractivity contribution in [2.45, 2.75) is 25.6 Å². The Bertz CT molecular complexity index is 940. The van der Waals surface area contributed by atoms with Crippen LogP contribution in [0.3, 0.4) is 0 Å². The van der Waals surface area contributed by atoms with Crippen LogP contribution in [0.25, 0.3) is 10.4 Å². The van der Waals surface area contributed by atoms with Gasteiger partial charge in [0.15, 0.2) is 0 Å². The van der Waals surface area contributed by atoms with Gasteiger partial charge in [0.05, 0.1) is 15.4 Å². The van der Waals surface area contributed by atoms with Crippen molar-refractivity contribution in [1.82, 2.24) is 9.88 Å². The fraction of sp³-hybridized carbons (Fsp3) is 0.389. The summed E-state index contributed by atoms with van der Waals surface area (Å²) in [5.74, 6) is -0.657. The van der Waals surface area contributed by atoms with Gasteiger partial charge < -0.3 is 10.6 Å². The summed E-state index contributed by atoms with van der Waals surface area (Å²) in [7, 11) is 0. The van der Waals surface area contributed by atoms with E-state index in [1.165, 1.54) is 17.0 Å². The standard InChI is InChI=1S/C18H16F3N3O2S/c1-8-23-13(17(26)24-7-10-6-12(10)14(24)16(22)25)15(27-8)9-3-2-4-11(5-9)18(19,20)21/h2-5,10,12,14H,6-7H2,1H3,(H2,22,25)/t10-,12-,14-/m0/s1. The molecule has 1 saturated carbocycles. The Hall–Kier alpha value is -2.42. The van der Waals surface area contributed by atoms with Gasteiger partial charge in [0.1, 0.15) is 11.7 Å². The van der Waals surface area contributed by atoms with Crippen molar-refractivity contribution < 1.29 is 22.8 Å². The normalized spacial score (nSPS) is 24.0. The van der Waals surface area contributed by atoms with Crippen molar-refractivity contribution in [2.24, 2.45) is 17.6 Å². The monoisotopic (exact) mass is 395 g/mol. The molecule has 1 aromatic heterocycles. The number of primary amides is 1. The summed E-state index contributed by atoms with van der Waals surface area (Å²) in [6.07, 6.45) is -3.61. The van der Waals surface area contributed by atoms with E-state index in [0.717, 1.165) is 29.9 Å². The number of hydrogen-bond acceptors (Lipinski definition) is 4. The number of aryl methyl sites for hydroxylation is 1. The van der Waals surface area contributed by atoms with Gasteiger partial charge in [-0.15, -0.1) is 11.3 Å². The minimum absolute atomic E-state index is 0.0735. The average molecular weight is 395 g/mol. The van der Waals surface area contributed by atoms with E-state index in [-0.39, 0.29) is 23.1 Å². The number of likely N-dealkylation sites (tertiary alicyclic amines) is 1. The van der Waals surface area contributed by atoms with Gasteiger partial charge in [-0.3, -0.25) is 9.59 Å². The van der Waals surface area contributed by atoms with E-state index in [1.807, 2.05) is 0 Å². The summed E-state index contributed by atoms with van der Waals surface area (Å²) < 4.78 is 39.1. The SMILES string of the molecule is Cc1nc(C(=O)N2C[C@@H]3C[C@@H]3[C@H]2C(N)=O)c(-c2cccc(C(F)(F)F)c2)s1. The van der Waals surface area contributed by atoms with Crippen LogP contribution in [-0.2, 0) is 11.0 Å². The molecule has 2 aromatic rings. The molecule has 4 rings (SSSR count). The molecule has 0 unspecified atom stereocenters. The second kappa shape index (κ2) is 6.05. The second-order valence-corrected chi connectivity index (χ2v) is 8.16. The molecule has 1 saturated heterocycles. The molecule has 2 N–H and O–H groups in total. The van der Waals surface area contributed by atoms with E-state index in [2.05, 4.69) is 4.98 Å². The molecule has 9 heteroatoms. The largest absolute Gasteiger partial charge is 0.416 e. The molecule has 2 amide bonds. The van der Waals surface area contributed by atoms with Crippen LogP contribution in [0.2, 0.25) is 0 Å².